The lowest BCUT2D eigenvalue weighted by molar-refractivity contribution is 0.688. The smallest absolute Gasteiger partial charge is 0.0560 e. The van der Waals surface area contributed by atoms with Crippen molar-refractivity contribution in [3.63, 3.8) is 0 Å². The van der Waals surface area contributed by atoms with Crippen LogP contribution in [0, 0.1) is 5.92 Å². The normalized spacial score (nSPS) is 19.1. The van der Waals surface area contributed by atoms with Gasteiger partial charge >= 0.3 is 0 Å². The molecule has 0 radical (unpaired) electrons. The van der Waals surface area contributed by atoms with E-state index in [1.165, 1.54) is 39.1 Å². The molecule has 8 rings (SSSR count). The highest BCUT2D eigenvalue weighted by Crippen LogP contribution is 2.45. The average molecular weight is 682 g/mol. The van der Waals surface area contributed by atoms with Crippen molar-refractivity contribution in [2.24, 2.45) is 5.92 Å². The molecule has 256 valence electrons. The summed E-state index contributed by atoms with van der Waals surface area (Å²) in [6, 6.07) is 47.9. The van der Waals surface area contributed by atoms with Crippen molar-refractivity contribution >= 4 is 28.6 Å². The van der Waals surface area contributed by atoms with Gasteiger partial charge in [0.25, 0.3) is 0 Å². The van der Waals surface area contributed by atoms with Crippen LogP contribution in [0.1, 0.15) is 34.6 Å². The zero-order valence-corrected chi connectivity index (χ0v) is 29.9. The molecular formula is C52H43N. The zero-order chi connectivity index (χ0) is 36.0. The Hall–Kier alpha value is -6.44. The first kappa shape index (κ1) is 33.7. The van der Waals surface area contributed by atoms with E-state index < -0.39 is 0 Å². The second kappa shape index (κ2) is 15.4. The number of nitrogens with zero attached hydrogens (tertiary/aromatic N) is 1. The SMILES string of the molecule is C=CC(/C=C/c1ccc(N(c2ccc(-c3ccccc3)cc2)C2C=CC(C3=CC4C=CC=CC4c4ccccc43)=CC2)cc1)=C(\C=C)c1ccccc1. The van der Waals surface area contributed by atoms with Crippen LogP contribution < -0.4 is 4.90 Å². The van der Waals surface area contributed by atoms with Crippen molar-refractivity contribution in [3.05, 3.63) is 247 Å². The van der Waals surface area contributed by atoms with Crippen LogP contribution in [-0.4, -0.2) is 6.04 Å². The van der Waals surface area contributed by atoms with Crippen LogP contribution >= 0.6 is 0 Å². The molecule has 0 saturated carbocycles. The minimum Gasteiger partial charge on any atom is -0.334 e. The van der Waals surface area contributed by atoms with Gasteiger partial charge in [0.05, 0.1) is 6.04 Å². The quantitative estimate of drug-likeness (QED) is 0.133. The number of rotatable bonds is 10. The Morgan fingerprint density at radius 1 is 0.642 bits per heavy atom. The van der Waals surface area contributed by atoms with Crippen molar-refractivity contribution in [3.8, 4) is 11.1 Å². The van der Waals surface area contributed by atoms with Gasteiger partial charge < -0.3 is 4.90 Å². The van der Waals surface area contributed by atoms with Gasteiger partial charge in [0.15, 0.2) is 0 Å². The summed E-state index contributed by atoms with van der Waals surface area (Å²) in [5, 5.41) is 0. The summed E-state index contributed by atoms with van der Waals surface area (Å²) in [5.41, 5.74) is 14.5. The molecule has 5 aromatic rings. The van der Waals surface area contributed by atoms with Gasteiger partial charge in [0.2, 0.25) is 0 Å². The molecule has 3 aliphatic rings. The Morgan fingerprint density at radius 3 is 2.00 bits per heavy atom. The van der Waals surface area contributed by atoms with Crippen molar-refractivity contribution in [1.82, 2.24) is 0 Å². The van der Waals surface area contributed by atoms with E-state index in [9.17, 15) is 0 Å². The molecule has 0 aromatic heterocycles. The van der Waals surface area contributed by atoms with Gasteiger partial charge in [0.1, 0.15) is 0 Å². The van der Waals surface area contributed by atoms with Crippen LogP contribution in [0.4, 0.5) is 11.4 Å². The van der Waals surface area contributed by atoms with Crippen LogP contribution in [-0.2, 0) is 0 Å². The molecular weight excluding hydrogens is 639 g/mol. The molecule has 5 aromatic carbocycles. The molecule has 1 nitrogen and oxygen atoms in total. The first-order valence-electron chi connectivity index (χ1n) is 18.5. The fourth-order valence-corrected chi connectivity index (χ4v) is 7.86. The first-order chi connectivity index (χ1) is 26.2. The maximum Gasteiger partial charge on any atom is 0.0560 e. The zero-order valence-electron chi connectivity index (χ0n) is 29.9. The molecule has 3 unspecified atom stereocenters. The molecule has 0 saturated heterocycles. The van der Waals surface area contributed by atoms with E-state index in [0.717, 1.165) is 34.4 Å². The molecule has 1 heteroatoms. The second-order valence-corrected chi connectivity index (χ2v) is 13.7. The third kappa shape index (κ3) is 7.07. The maximum absolute atomic E-state index is 4.10. The van der Waals surface area contributed by atoms with E-state index in [2.05, 4.69) is 194 Å². The van der Waals surface area contributed by atoms with Crippen LogP contribution in [0.3, 0.4) is 0 Å². The third-order valence-corrected chi connectivity index (χ3v) is 10.6. The van der Waals surface area contributed by atoms with Crippen molar-refractivity contribution in [2.45, 2.75) is 18.4 Å². The molecule has 53 heavy (non-hydrogen) atoms. The van der Waals surface area contributed by atoms with Crippen LogP contribution in [0.2, 0.25) is 0 Å². The minimum atomic E-state index is 0.156. The van der Waals surface area contributed by atoms with Gasteiger partial charge in [-0.3, -0.25) is 0 Å². The van der Waals surface area contributed by atoms with Gasteiger partial charge in [-0.25, -0.2) is 0 Å². The molecule has 3 atom stereocenters. The molecule has 0 amide bonds. The maximum atomic E-state index is 4.10. The van der Waals surface area contributed by atoms with Gasteiger partial charge in [0, 0.05) is 23.2 Å². The largest absolute Gasteiger partial charge is 0.334 e. The van der Waals surface area contributed by atoms with Gasteiger partial charge in [-0.15, -0.1) is 0 Å². The molecule has 0 N–H and O–H groups in total. The summed E-state index contributed by atoms with van der Waals surface area (Å²) in [7, 11) is 0. The molecule has 0 aliphatic heterocycles. The third-order valence-electron chi connectivity index (χ3n) is 10.6. The van der Waals surface area contributed by atoms with E-state index in [1.54, 1.807) is 0 Å². The van der Waals surface area contributed by atoms with Crippen molar-refractivity contribution in [2.75, 3.05) is 4.90 Å². The van der Waals surface area contributed by atoms with Crippen LogP contribution in [0.5, 0.6) is 0 Å². The molecule has 0 fully saturated rings. The van der Waals surface area contributed by atoms with Gasteiger partial charge in [-0.05, 0) is 86.4 Å². The Balaban J connectivity index is 1.10. The molecule has 3 aliphatic carbocycles. The monoisotopic (exact) mass is 681 g/mol. The topological polar surface area (TPSA) is 3.24 Å². The first-order valence-corrected chi connectivity index (χ1v) is 18.5. The van der Waals surface area contributed by atoms with Gasteiger partial charge in [-0.1, -0.05) is 195 Å². The number of anilines is 2. The van der Waals surface area contributed by atoms with E-state index in [-0.39, 0.29) is 6.04 Å². The Labute approximate surface area is 314 Å². The Bertz CT molecular complexity index is 2320. The van der Waals surface area contributed by atoms with Crippen molar-refractivity contribution in [1.29, 1.82) is 0 Å². The van der Waals surface area contributed by atoms with E-state index in [1.807, 2.05) is 30.4 Å². The number of allylic oxidation sites excluding steroid dienone is 13. The highest BCUT2D eigenvalue weighted by atomic mass is 15.2. The standard InChI is InChI=1S/C52H43N/c1-3-39(48(4-2)42-17-9-6-10-18-42)26-23-38-24-31-45(32-25-38)53(46-33-27-41(28-34-46)40-15-7-5-8-16-40)47-35-29-43(30-36-47)52-37-44-19-11-12-20-49(44)50-21-13-14-22-51(50)52/h3-35,37,44,47,49H,1-2,36H2/b26-23+,48-39-. The summed E-state index contributed by atoms with van der Waals surface area (Å²) in [5.74, 6) is 0.782. The summed E-state index contributed by atoms with van der Waals surface area (Å²) in [4.78, 5) is 2.47. The summed E-state index contributed by atoms with van der Waals surface area (Å²) in [6.07, 6.45) is 27.7. The predicted octanol–water partition coefficient (Wildman–Crippen LogP) is 13.5. The lowest BCUT2D eigenvalue weighted by Gasteiger charge is -2.35. The van der Waals surface area contributed by atoms with Crippen molar-refractivity contribution < 1.29 is 0 Å². The lowest BCUT2D eigenvalue weighted by Crippen LogP contribution is -2.30. The average Bonchev–Trinajstić information content (AvgIpc) is 3.24. The second-order valence-electron chi connectivity index (χ2n) is 13.7. The van der Waals surface area contributed by atoms with E-state index in [0.29, 0.717) is 11.8 Å². The highest BCUT2D eigenvalue weighted by molar-refractivity contribution is 5.86. The highest BCUT2D eigenvalue weighted by Gasteiger charge is 2.29. The number of benzene rings is 5. The predicted molar refractivity (Wildman–Crippen MR) is 228 cm³/mol. The fraction of sp³-hybridized carbons (Fsp3) is 0.0769. The molecule has 0 heterocycles. The molecule has 0 spiro atoms. The summed E-state index contributed by atoms with van der Waals surface area (Å²) in [6.45, 7) is 8.18. The fourth-order valence-electron chi connectivity index (χ4n) is 7.86. The molecule has 0 bridgehead atoms. The minimum absolute atomic E-state index is 0.156. The van der Waals surface area contributed by atoms with Gasteiger partial charge in [-0.2, -0.15) is 0 Å². The van der Waals surface area contributed by atoms with E-state index in [4.69, 9.17) is 0 Å². The number of hydrogen-bond acceptors (Lipinski definition) is 1. The number of hydrogen-bond donors (Lipinski definition) is 0. The van der Waals surface area contributed by atoms with Crippen LogP contribution in [0.15, 0.2) is 225 Å². The van der Waals surface area contributed by atoms with Crippen LogP contribution in [0.25, 0.3) is 28.3 Å². The lowest BCUT2D eigenvalue weighted by atomic mass is 9.72. The Morgan fingerprint density at radius 2 is 1.30 bits per heavy atom. The summed E-state index contributed by atoms with van der Waals surface area (Å²) < 4.78 is 0. The number of fused-ring (bicyclic) bond motifs is 3. The summed E-state index contributed by atoms with van der Waals surface area (Å²) >= 11 is 0. The van der Waals surface area contributed by atoms with E-state index >= 15 is 0 Å². The Kier molecular flexibility index (Phi) is 9.81.